The van der Waals surface area contributed by atoms with Gasteiger partial charge in [-0.15, -0.1) is 0 Å². The first-order valence-corrected chi connectivity index (χ1v) is 10.5. The normalized spacial score (nSPS) is 14.8. The highest BCUT2D eigenvalue weighted by atomic mass is 35.5. The van der Waals surface area contributed by atoms with Gasteiger partial charge >= 0.3 is 0 Å². The largest absolute Gasteiger partial charge is 0.490 e. The Balaban J connectivity index is 1.52. The number of nitrogens with one attached hydrogen (secondary N) is 1. The van der Waals surface area contributed by atoms with E-state index in [1.54, 1.807) is 4.90 Å². The van der Waals surface area contributed by atoms with Crippen molar-refractivity contribution in [3.05, 3.63) is 58.6 Å². The van der Waals surface area contributed by atoms with Crippen molar-refractivity contribution in [2.45, 2.75) is 20.1 Å². The molecule has 0 aromatic heterocycles. The minimum Gasteiger partial charge on any atom is -0.490 e. The van der Waals surface area contributed by atoms with E-state index in [0.29, 0.717) is 18.2 Å². The number of hydrogen-bond donors (Lipinski definition) is 2. The highest BCUT2D eigenvalue weighted by Crippen LogP contribution is 2.29. The first-order valence-electron chi connectivity index (χ1n) is 10.1. The lowest BCUT2D eigenvalue weighted by atomic mass is 10.2. The second kappa shape index (κ2) is 11.3. The number of nitrogens with two attached hydrogens (primary N) is 1. The minimum absolute atomic E-state index is 0.424. The molecule has 0 saturated carbocycles. The first-order chi connectivity index (χ1) is 13.8. The molecule has 0 bridgehead atoms. The molecule has 0 radical (unpaired) electrons. The summed E-state index contributed by atoms with van der Waals surface area (Å²) in [7, 11) is 0. The van der Waals surface area contributed by atoms with Gasteiger partial charge < -0.3 is 24.4 Å². The Hall–Kier alpha value is -1.79. The zero-order valence-electron chi connectivity index (χ0n) is 16.6. The predicted octanol–water partition coefficient (Wildman–Crippen LogP) is 1.30. The Morgan fingerprint density at radius 2 is 1.89 bits per heavy atom. The molecule has 3 rings (SSSR count). The van der Waals surface area contributed by atoms with Crippen LogP contribution in [0.2, 0.25) is 5.02 Å². The van der Waals surface area contributed by atoms with Gasteiger partial charge in [0, 0.05) is 16.1 Å². The van der Waals surface area contributed by atoms with Crippen LogP contribution in [-0.4, -0.2) is 46.0 Å². The molecular formula is C22H31ClN2O3+2. The van der Waals surface area contributed by atoms with Crippen molar-refractivity contribution in [1.29, 1.82) is 0 Å². The number of halogens is 1. The molecule has 3 N–H and O–H groups in total. The molecule has 1 saturated heterocycles. The van der Waals surface area contributed by atoms with E-state index < -0.39 is 0 Å². The lowest BCUT2D eigenvalue weighted by Crippen LogP contribution is -3.16. The average molecular weight is 407 g/mol. The molecule has 2 aromatic carbocycles. The van der Waals surface area contributed by atoms with Crippen molar-refractivity contribution in [1.82, 2.24) is 0 Å². The van der Waals surface area contributed by atoms with E-state index in [1.807, 2.05) is 37.3 Å². The number of ether oxygens (including phenoxy) is 3. The van der Waals surface area contributed by atoms with Gasteiger partial charge in [-0.05, 0) is 31.2 Å². The predicted molar refractivity (Wildman–Crippen MR) is 110 cm³/mol. The quantitative estimate of drug-likeness (QED) is 0.585. The maximum Gasteiger partial charge on any atom is 0.161 e. The molecule has 1 fully saturated rings. The van der Waals surface area contributed by atoms with E-state index in [2.05, 4.69) is 17.4 Å². The van der Waals surface area contributed by atoms with Gasteiger partial charge in [0.1, 0.15) is 39.3 Å². The number of rotatable bonds is 10. The van der Waals surface area contributed by atoms with Crippen molar-refractivity contribution >= 4 is 11.6 Å². The van der Waals surface area contributed by atoms with Crippen molar-refractivity contribution in [2.75, 3.05) is 46.0 Å². The maximum atomic E-state index is 6.22. The molecule has 0 aliphatic carbocycles. The van der Waals surface area contributed by atoms with Crippen molar-refractivity contribution in [3.63, 3.8) is 0 Å². The third-order valence-electron chi connectivity index (χ3n) is 4.93. The van der Waals surface area contributed by atoms with Gasteiger partial charge in [-0.25, -0.2) is 0 Å². The van der Waals surface area contributed by atoms with Crippen LogP contribution in [0.1, 0.15) is 18.1 Å². The summed E-state index contributed by atoms with van der Waals surface area (Å²) >= 11 is 6.22. The van der Waals surface area contributed by atoms with Gasteiger partial charge in [-0.1, -0.05) is 29.8 Å². The Morgan fingerprint density at radius 1 is 1.07 bits per heavy atom. The smallest absolute Gasteiger partial charge is 0.161 e. The third-order valence-corrected chi connectivity index (χ3v) is 5.30. The number of hydrogen-bond acceptors (Lipinski definition) is 3. The summed E-state index contributed by atoms with van der Waals surface area (Å²) in [6.07, 6.45) is 0. The van der Waals surface area contributed by atoms with Gasteiger partial charge in [0.25, 0.3) is 0 Å². The molecule has 1 heterocycles. The summed E-state index contributed by atoms with van der Waals surface area (Å²) in [4.78, 5) is 1.64. The fourth-order valence-corrected chi connectivity index (χ4v) is 3.51. The van der Waals surface area contributed by atoms with E-state index in [1.165, 1.54) is 12.1 Å². The second-order valence-electron chi connectivity index (χ2n) is 6.99. The zero-order chi connectivity index (χ0) is 19.6. The fourth-order valence-electron chi connectivity index (χ4n) is 3.32. The number of morpholine rings is 1. The summed E-state index contributed by atoms with van der Waals surface area (Å²) < 4.78 is 17.2. The molecular weight excluding hydrogens is 376 g/mol. The van der Waals surface area contributed by atoms with Crippen molar-refractivity contribution < 1.29 is 24.4 Å². The minimum atomic E-state index is 0.424. The van der Waals surface area contributed by atoms with Gasteiger partial charge in [0.15, 0.2) is 11.5 Å². The average Bonchev–Trinajstić information content (AvgIpc) is 2.73. The van der Waals surface area contributed by atoms with E-state index >= 15 is 0 Å². The molecule has 1 aliphatic rings. The van der Waals surface area contributed by atoms with Crippen LogP contribution in [0.25, 0.3) is 0 Å². The van der Waals surface area contributed by atoms with Crippen LogP contribution in [0.15, 0.2) is 42.5 Å². The monoisotopic (exact) mass is 406 g/mol. The van der Waals surface area contributed by atoms with E-state index in [9.17, 15) is 0 Å². The van der Waals surface area contributed by atoms with E-state index in [-0.39, 0.29) is 0 Å². The summed E-state index contributed by atoms with van der Waals surface area (Å²) in [6.45, 7) is 10.3. The lowest BCUT2D eigenvalue weighted by molar-refractivity contribution is -0.920. The maximum absolute atomic E-state index is 6.22. The SMILES string of the molecule is CCOc1cc(C[NH2+]CC[NH+]2CCOCC2)ccc1OCc1ccccc1Cl. The highest BCUT2D eigenvalue weighted by Gasteiger charge is 2.14. The van der Waals surface area contributed by atoms with E-state index in [0.717, 1.165) is 56.5 Å². The zero-order valence-corrected chi connectivity index (χ0v) is 17.3. The summed E-state index contributed by atoms with van der Waals surface area (Å²) in [5.41, 5.74) is 2.21. The first kappa shape index (κ1) is 20.9. The lowest BCUT2D eigenvalue weighted by Gasteiger charge is -2.22. The van der Waals surface area contributed by atoms with Crippen molar-refractivity contribution in [2.24, 2.45) is 0 Å². The van der Waals surface area contributed by atoms with Crippen LogP contribution >= 0.6 is 11.6 Å². The molecule has 0 atom stereocenters. The highest BCUT2D eigenvalue weighted by molar-refractivity contribution is 6.31. The Morgan fingerprint density at radius 3 is 2.68 bits per heavy atom. The molecule has 0 unspecified atom stereocenters. The van der Waals surface area contributed by atoms with Gasteiger partial charge in [-0.3, -0.25) is 0 Å². The molecule has 1 aliphatic heterocycles. The third kappa shape index (κ3) is 6.38. The second-order valence-corrected chi connectivity index (χ2v) is 7.40. The van der Waals surface area contributed by atoms with Crippen LogP contribution in [0.3, 0.4) is 0 Å². The number of quaternary nitrogens is 2. The van der Waals surface area contributed by atoms with Gasteiger partial charge in [-0.2, -0.15) is 0 Å². The summed E-state index contributed by atoms with van der Waals surface area (Å²) in [5, 5.41) is 3.08. The molecule has 152 valence electrons. The van der Waals surface area contributed by atoms with Crippen LogP contribution in [0.4, 0.5) is 0 Å². The molecule has 0 spiro atoms. The Kier molecular flexibility index (Phi) is 8.42. The van der Waals surface area contributed by atoms with Crippen LogP contribution in [0, 0.1) is 0 Å². The van der Waals surface area contributed by atoms with Crippen LogP contribution in [-0.2, 0) is 17.9 Å². The Labute approximate surface area is 172 Å². The molecule has 6 heteroatoms. The van der Waals surface area contributed by atoms with Gasteiger partial charge in [0.2, 0.25) is 0 Å². The standard InChI is InChI=1S/C22H29ClN2O3/c1-2-27-22-15-18(16-24-9-10-25-11-13-26-14-12-25)7-8-21(22)28-17-19-5-3-4-6-20(19)23/h3-8,15,24H,2,9-14,16-17H2,1H3/p+2. The topological polar surface area (TPSA) is 48.7 Å². The Bertz CT molecular complexity index is 735. The van der Waals surface area contributed by atoms with Crippen LogP contribution < -0.4 is 19.7 Å². The fraction of sp³-hybridized carbons (Fsp3) is 0.455. The number of benzene rings is 2. The van der Waals surface area contributed by atoms with Crippen LogP contribution in [0.5, 0.6) is 11.5 Å². The molecule has 28 heavy (non-hydrogen) atoms. The molecule has 2 aromatic rings. The van der Waals surface area contributed by atoms with Crippen molar-refractivity contribution in [3.8, 4) is 11.5 Å². The van der Waals surface area contributed by atoms with E-state index in [4.69, 9.17) is 25.8 Å². The molecule has 0 amide bonds. The molecule has 5 nitrogen and oxygen atoms in total. The summed E-state index contributed by atoms with van der Waals surface area (Å²) in [6, 6.07) is 13.9. The van der Waals surface area contributed by atoms with Gasteiger partial charge in [0.05, 0.1) is 19.8 Å². The summed E-state index contributed by atoms with van der Waals surface area (Å²) in [5.74, 6) is 1.54.